The fraction of sp³-hybridized carbons (Fsp3) is 0.100. The van der Waals surface area contributed by atoms with Crippen molar-refractivity contribution < 1.29 is 4.92 Å². The predicted molar refractivity (Wildman–Crippen MR) is 97.8 cm³/mol. The maximum atomic E-state index is 10.9. The summed E-state index contributed by atoms with van der Waals surface area (Å²) in [6.45, 7) is 2.07. The number of nitro groups is 1. The molecule has 0 saturated heterocycles. The second-order valence-electron chi connectivity index (χ2n) is 5.75. The van der Waals surface area contributed by atoms with Crippen molar-refractivity contribution >= 4 is 17.1 Å². The van der Waals surface area contributed by atoms with Crippen LogP contribution in [0.4, 0.5) is 17.1 Å². The fourth-order valence-electron chi connectivity index (χ4n) is 2.59. The van der Waals surface area contributed by atoms with Gasteiger partial charge in [0.05, 0.1) is 4.92 Å². The number of rotatable bonds is 4. The maximum absolute atomic E-state index is 10.9. The molecule has 24 heavy (non-hydrogen) atoms. The van der Waals surface area contributed by atoms with E-state index in [4.69, 9.17) is 0 Å². The van der Waals surface area contributed by atoms with Gasteiger partial charge >= 0.3 is 0 Å². The van der Waals surface area contributed by atoms with Crippen molar-refractivity contribution in [3.8, 4) is 11.1 Å². The standard InChI is InChI=1S/C20H18N2O2/c1-15-6-8-16(9-7-15)17-10-12-18(13-11-17)21(2)19-4-3-5-20(14-19)22(23)24/h3-14H,1-2H3. The molecule has 0 atom stereocenters. The number of hydrogen-bond donors (Lipinski definition) is 0. The average molecular weight is 318 g/mol. The summed E-state index contributed by atoms with van der Waals surface area (Å²) in [4.78, 5) is 12.5. The van der Waals surface area contributed by atoms with Gasteiger partial charge in [-0.25, -0.2) is 0 Å². The minimum absolute atomic E-state index is 0.0932. The lowest BCUT2D eigenvalue weighted by atomic mass is 10.0. The van der Waals surface area contributed by atoms with Crippen LogP contribution in [0.15, 0.2) is 72.8 Å². The molecule has 0 aromatic heterocycles. The minimum atomic E-state index is -0.377. The van der Waals surface area contributed by atoms with E-state index in [1.54, 1.807) is 12.1 Å². The zero-order valence-electron chi connectivity index (χ0n) is 13.6. The Kier molecular flexibility index (Phi) is 4.29. The maximum Gasteiger partial charge on any atom is 0.271 e. The summed E-state index contributed by atoms with van der Waals surface area (Å²) < 4.78 is 0. The van der Waals surface area contributed by atoms with Crippen LogP contribution in [-0.2, 0) is 0 Å². The van der Waals surface area contributed by atoms with Gasteiger partial charge in [-0.3, -0.25) is 10.1 Å². The minimum Gasteiger partial charge on any atom is -0.344 e. The molecular weight excluding hydrogens is 300 g/mol. The molecule has 0 unspecified atom stereocenters. The van der Waals surface area contributed by atoms with Gasteiger partial charge in [0.1, 0.15) is 0 Å². The van der Waals surface area contributed by atoms with E-state index in [2.05, 4.69) is 43.3 Å². The molecule has 0 heterocycles. The summed E-state index contributed by atoms with van der Waals surface area (Å²) in [6.07, 6.45) is 0. The van der Waals surface area contributed by atoms with Gasteiger partial charge in [0.2, 0.25) is 0 Å². The molecule has 0 aliphatic carbocycles. The third kappa shape index (κ3) is 3.27. The highest BCUT2D eigenvalue weighted by Crippen LogP contribution is 2.29. The fourth-order valence-corrected chi connectivity index (χ4v) is 2.59. The van der Waals surface area contributed by atoms with Crippen LogP contribution in [0.5, 0.6) is 0 Å². The van der Waals surface area contributed by atoms with Crippen LogP contribution >= 0.6 is 0 Å². The number of hydrogen-bond acceptors (Lipinski definition) is 3. The van der Waals surface area contributed by atoms with Gasteiger partial charge in [-0.2, -0.15) is 0 Å². The van der Waals surface area contributed by atoms with Gasteiger partial charge in [0.15, 0.2) is 0 Å². The smallest absolute Gasteiger partial charge is 0.271 e. The lowest BCUT2D eigenvalue weighted by molar-refractivity contribution is -0.384. The van der Waals surface area contributed by atoms with Crippen LogP contribution < -0.4 is 4.90 Å². The Morgan fingerprint density at radius 3 is 2.00 bits per heavy atom. The van der Waals surface area contributed by atoms with Crippen LogP contribution in [0.3, 0.4) is 0 Å². The molecular formula is C20H18N2O2. The first-order valence-electron chi connectivity index (χ1n) is 7.70. The van der Waals surface area contributed by atoms with Crippen molar-refractivity contribution in [2.24, 2.45) is 0 Å². The molecule has 0 radical (unpaired) electrons. The van der Waals surface area contributed by atoms with Crippen LogP contribution in [0.1, 0.15) is 5.56 Å². The van der Waals surface area contributed by atoms with Gasteiger partial charge in [-0.1, -0.05) is 48.0 Å². The summed E-state index contributed by atoms with van der Waals surface area (Å²) in [6, 6.07) is 23.2. The van der Waals surface area contributed by atoms with Crippen molar-refractivity contribution in [1.82, 2.24) is 0 Å². The molecule has 4 heteroatoms. The van der Waals surface area contributed by atoms with E-state index in [0.29, 0.717) is 0 Å². The summed E-state index contributed by atoms with van der Waals surface area (Å²) in [5.74, 6) is 0. The number of nitrogens with zero attached hydrogens (tertiary/aromatic N) is 2. The first kappa shape index (κ1) is 15.7. The monoisotopic (exact) mass is 318 g/mol. The van der Waals surface area contributed by atoms with Crippen molar-refractivity contribution in [3.63, 3.8) is 0 Å². The molecule has 3 aromatic rings. The van der Waals surface area contributed by atoms with E-state index in [0.717, 1.165) is 16.9 Å². The lowest BCUT2D eigenvalue weighted by Crippen LogP contribution is -2.09. The van der Waals surface area contributed by atoms with E-state index in [1.165, 1.54) is 17.2 Å². The summed E-state index contributed by atoms with van der Waals surface area (Å²) in [5.41, 5.74) is 5.41. The number of anilines is 2. The first-order valence-corrected chi connectivity index (χ1v) is 7.70. The van der Waals surface area contributed by atoms with E-state index >= 15 is 0 Å². The Morgan fingerprint density at radius 2 is 1.42 bits per heavy atom. The Balaban J connectivity index is 1.86. The molecule has 120 valence electrons. The molecule has 0 N–H and O–H groups in total. The zero-order chi connectivity index (χ0) is 17.1. The van der Waals surface area contributed by atoms with Gasteiger partial charge in [0, 0.05) is 30.6 Å². The Hall–Kier alpha value is -3.14. The molecule has 4 nitrogen and oxygen atoms in total. The van der Waals surface area contributed by atoms with Gasteiger partial charge in [-0.05, 0) is 36.2 Å². The average Bonchev–Trinajstić information content (AvgIpc) is 2.62. The van der Waals surface area contributed by atoms with Crippen molar-refractivity contribution in [2.75, 3.05) is 11.9 Å². The Labute approximate surface area is 141 Å². The van der Waals surface area contributed by atoms with Gasteiger partial charge in [0.25, 0.3) is 5.69 Å². The molecule has 0 fully saturated rings. The van der Waals surface area contributed by atoms with Crippen LogP contribution in [0.2, 0.25) is 0 Å². The summed E-state index contributed by atoms with van der Waals surface area (Å²) >= 11 is 0. The van der Waals surface area contributed by atoms with Crippen LogP contribution in [0, 0.1) is 17.0 Å². The molecule has 0 aliphatic heterocycles. The summed E-state index contributed by atoms with van der Waals surface area (Å²) in [7, 11) is 1.90. The first-order chi connectivity index (χ1) is 11.5. The number of non-ortho nitro benzene ring substituents is 1. The predicted octanol–water partition coefficient (Wildman–Crippen LogP) is 5.34. The largest absolute Gasteiger partial charge is 0.344 e. The number of benzene rings is 3. The summed E-state index contributed by atoms with van der Waals surface area (Å²) in [5, 5.41) is 10.9. The highest BCUT2D eigenvalue weighted by Gasteiger charge is 2.10. The Bertz CT molecular complexity index is 856. The molecule has 3 rings (SSSR count). The topological polar surface area (TPSA) is 46.4 Å². The highest BCUT2D eigenvalue weighted by molar-refractivity contribution is 5.70. The number of aryl methyl sites for hydroxylation is 1. The Morgan fingerprint density at radius 1 is 0.833 bits per heavy atom. The molecule has 0 spiro atoms. The third-order valence-electron chi connectivity index (χ3n) is 4.07. The third-order valence-corrected chi connectivity index (χ3v) is 4.07. The molecule has 3 aromatic carbocycles. The van der Waals surface area contributed by atoms with Crippen LogP contribution in [0.25, 0.3) is 11.1 Å². The molecule has 0 bridgehead atoms. The van der Waals surface area contributed by atoms with E-state index in [9.17, 15) is 10.1 Å². The van der Waals surface area contributed by atoms with Crippen molar-refractivity contribution in [2.45, 2.75) is 6.92 Å². The van der Waals surface area contributed by atoms with E-state index < -0.39 is 0 Å². The van der Waals surface area contributed by atoms with E-state index in [1.807, 2.05) is 30.1 Å². The second-order valence-corrected chi connectivity index (χ2v) is 5.75. The van der Waals surface area contributed by atoms with Gasteiger partial charge < -0.3 is 4.90 Å². The van der Waals surface area contributed by atoms with Crippen molar-refractivity contribution in [3.05, 3.63) is 88.5 Å². The van der Waals surface area contributed by atoms with Crippen LogP contribution in [-0.4, -0.2) is 12.0 Å². The highest BCUT2D eigenvalue weighted by atomic mass is 16.6. The lowest BCUT2D eigenvalue weighted by Gasteiger charge is -2.19. The quantitative estimate of drug-likeness (QED) is 0.482. The molecule has 0 amide bonds. The SMILES string of the molecule is Cc1ccc(-c2ccc(N(C)c3cccc([N+](=O)[O-])c3)cc2)cc1. The van der Waals surface area contributed by atoms with Crippen molar-refractivity contribution in [1.29, 1.82) is 0 Å². The molecule has 0 saturated carbocycles. The van der Waals surface area contributed by atoms with Gasteiger partial charge in [-0.15, -0.1) is 0 Å². The normalized spacial score (nSPS) is 10.4. The molecule has 0 aliphatic rings. The van der Waals surface area contributed by atoms with E-state index in [-0.39, 0.29) is 10.6 Å². The second kappa shape index (κ2) is 6.54. The zero-order valence-corrected chi connectivity index (χ0v) is 13.6. The number of nitro benzene ring substituents is 1.